The van der Waals surface area contributed by atoms with E-state index < -0.39 is 34.3 Å². The smallest absolute Gasteiger partial charge is 0.264 e. The molecule has 0 heterocycles. The highest BCUT2D eigenvalue weighted by molar-refractivity contribution is 7.92. The van der Waals surface area contributed by atoms with Crippen molar-refractivity contribution in [1.29, 1.82) is 0 Å². The predicted molar refractivity (Wildman–Crippen MR) is 165 cm³/mol. The third kappa shape index (κ3) is 8.26. The number of carbonyl (C=O) groups excluding carboxylic acids is 2. The van der Waals surface area contributed by atoms with E-state index in [1.54, 1.807) is 38.1 Å². The number of nitrogens with zero attached hydrogens (tertiary/aromatic N) is 2. The van der Waals surface area contributed by atoms with E-state index in [1.165, 1.54) is 53.4 Å². The SMILES string of the molecule is CCOc1ccccc1N(CC(=O)N(Cc1ccc(F)cc1)[C@@H](C)C(=O)NC1CCCCC1)S(=O)(=O)c1ccc(Cl)cc1. The van der Waals surface area contributed by atoms with E-state index in [0.29, 0.717) is 10.6 Å². The van der Waals surface area contributed by atoms with Crippen molar-refractivity contribution < 1.29 is 27.1 Å². The highest BCUT2D eigenvalue weighted by atomic mass is 35.5. The van der Waals surface area contributed by atoms with Gasteiger partial charge >= 0.3 is 0 Å². The first-order chi connectivity index (χ1) is 20.6. The normalized spacial score (nSPS) is 14.5. The van der Waals surface area contributed by atoms with Crippen molar-refractivity contribution in [3.05, 3.63) is 89.2 Å². The van der Waals surface area contributed by atoms with Crippen molar-refractivity contribution in [1.82, 2.24) is 10.2 Å². The van der Waals surface area contributed by atoms with Gasteiger partial charge in [0.25, 0.3) is 10.0 Å². The second kappa shape index (κ2) is 14.7. The standard InChI is InChI=1S/C32H37ClFN3O5S/c1-3-42-30-12-8-7-11-29(30)37(43(40,41)28-19-15-25(33)16-20-28)22-31(38)36(21-24-13-17-26(34)18-14-24)23(2)32(39)35-27-9-5-4-6-10-27/h7-8,11-20,23,27H,3-6,9-10,21-22H2,1-2H3,(H,35,39)/t23-/m0/s1. The predicted octanol–water partition coefficient (Wildman–Crippen LogP) is 5.94. The maximum absolute atomic E-state index is 14.1. The van der Waals surface area contributed by atoms with Gasteiger partial charge in [0.1, 0.15) is 24.2 Å². The van der Waals surface area contributed by atoms with Crippen LogP contribution in [0.15, 0.2) is 77.7 Å². The lowest BCUT2D eigenvalue weighted by molar-refractivity contribution is -0.139. The molecule has 0 unspecified atom stereocenters. The molecule has 1 saturated carbocycles. The minimum atomic E-state index is -4.29. The molecule has 1 atom stereocenters. The Morgan fingerprint density at radius 3 is 2.30 bits per heavy atom. The zero-order valence-electron chi connectivity index (χ0n) is 24.3. The maximum Gasteiger partial charge on any atom is 0.264 e. The van der Waals surface area contributed by atoms with Crippen molar-refractivity contribution in [2.75, 3.05) is 17.5 Å². The van der Waals surface area contributed by atoms with E-state index in [1.807, 2.05) is 0 Å². The molecular formula is C32H37ClFN3O5S. The summed E-state index contributed by atoms with van der Waals surface area (Å²) in [6.07, 6.45) is 4.90. The van der Waals surface area contributed by atoms with Crippen molar-refractivity contribution in [3.63, 3.8) is 0 Å². The van der Waals surface area contributed by atoms with Gasteiger partial charge in [-0.15, -0.1) is 0 Å². The Kier molecular flexibility index (Phi) is 11.0. The largest absolute Gasteiger partial charge is 0.492 e. The fraction of sp³-hybridized carbons (Fsp3) is 0.375. The number of anilines is 1. The van der Waals surface area contributed by atoms with Crippen molar-refractivity contribution in [2.24, 2.45) is 0 Å². The summed E-state index contributed by atoms with van der Waals surface area (Å²) < 4.78 is 48.5. The number of rotatable bonds is 12. The first-order valence-electron chi connectivity index (χ1n) is 14.4. The van der Waals surface area contributed by atoms with E-state index in [4.69, 9.17) is 16.3 Å². The lowest BCUT2D eigenvalue weighted by Gasteiger charge is -2.33. The number of amides is 2. The van der Waals surface area contributed by atoms with Crippen LogP contribution in [0.3, 0.4) is 0 Å². The molecule has 0 spiro atoms. The number of hydrogen-bond acceptors (Lipinski definition) is 5. The number of sulfonamides is 1. The van der Waals surface area contributed by atoms with Crippen LogP contribution in [0.4, 0.5) is 10.1 Å². The highest BCUT2D eigenvalue weighted by Gasteiger charge is 2.34. The van der Waals surface area contributed by atoms with Gasteiger partial charge in [-0.1, -0.05) is 55.1 Å². The summed E-state index contributed by atoms with van der Waals surface area (Å²) >= 11 is 6.02. The molecule has 0 aromatic heterocycles. The first-order valence-corrected chi connectivity index (χ1v) is 16.3. The summed E-state index contributed by atoms with van der Waals surface area (Å²) in [7, 11) is -4.29. The number of ether oxygens (including phenoxy) is 1. The van der Waals surface area contributed by atoms with Gasteiger partial charge in [-0.25, -0.2) is 12.8 Å². The Bertz CT molecular complexity index is 1500. The van der Waals surface area contributed by atoms with Crippen LogP contribution in [-0.4, -0.2) is 50.4 Å². The van der Waals surface area contributed by atoms with Gasteiger partial charge in [-0.2, -0.15) is 0 Å². The van der Waals surface area contributed by atoms with Gasteiger partial charge in [-0.3, -0.25) is 13.9 Å². The lowest BCUT2D eigenvalue weighted by atomic mass is 9.95. The molecule has 230 valence electrons. The van der Waals surface area contributed by atoms with Crippen LogP contribution >= 0.6 is 11.6 Å². The molecule has 0 radical (unpaired) electrons. The number of para-hydroxylation sites is 2. The van der Waals surface area contributed by atoms with E-state index in [9.17, 15) is 22.4 Å². The van der Waals surface area contributed by atoms with Crippen LogP contribution in [-0.2, 0) is 26.2 Å². The van der Waals surface area contributed by atoms with E-state index in [2.05, 4.69) is 5.32 Å². The second-order valence-corrected chi connectivity index (χ2v) is 12.8. The van der Waals surface area contributed by atoms with Gasteiger partial charge in [0.05, 0.1) is 17.2 Å². The third-order valence-electron chi connectivity index (χ3n) is 7.50. The quantitative estimate of drug-likeness (QED) is 0.268. The van der Waals surface area contributed by atoms with Crippen molar-refractivity contribution >= 4 is 39.1 Å². The Labute approximate surface area is 257 Å². The van der Waals surface area contributed by atoms with E-state index in [0.717, 1.165) is 36.4 Å². The van der Waals surface area contributed by atoms with Gasteiger partial charge in [-0.05, 0) is 80.8 Å². The molecule has 43 heavy (non-hydrogen) atoms. The number of nitrogens with one attached hydrogen (secondary N) is 1. The Morgan fingerprint density at radius 2 is 1.65 bits per heavy atom. The summed E-state index contributed by atoms with van der Waals surface area (Å²) in [5, 5.41) is 3.42. The highest BCUT2D eigenvalue weighted by Crippen LogP contribution is 2.33. The average molecular weight is 630 g/mol. The van der Waals surface area contributed by atoms with Crippen LogP contribution < -0.4 is 14.4 Å². The Morgan fingerprint density at radius 1 is 1.00 bits per heavy atom. The number of carbonyl (C=O) groups is 2. The molecular weight excluding hydrogens is 593 g/mol. The lowest BCUT2D eigenvalue weighted by Crippen LogP contribution is -2.53. The Hall–Kier alpha value is -3.63. The topological polar surface area (TPSA) is 96.0 Å². The summed E-state index contributed by atoms with van der Waals surface area (Å²) in [5.74, 6) is -1.09. The summed E-state index contributed by atoms with van der Waals surface area (Å²) in [5.41, 5.74) is 0.766. The average Bonchev–Trinajstić information content (AvgIpc) is 3.00. The minimum Gasteiger partial charge on any atom is -0.492 e. The van der Waals surface area contributed by atoms with Gasteiger partial charge < -0.3 is 15.0 Å². The fourth-order valence-corrected chi connectivity index (χ4v) is 6.68. The fourth-order valence-electron chi connectivity index (χ4n) is 5.13. The molecule has 0 bridgehead atoms. The molecule has 1 aliphatic rings. The molecule has 8 nitrogen and oxygen atoms in total. The number of hydrogen-bond donors (Lipinski definition) is 1. The molecule has 1 N–H and O–H groups in total. The van der Waals surface area contributed by atoms with Crippen LogP contribution in [0.5, 0.6) is 5.75 Å². The van der Waals surface area contributed by atoms with Crippen LogP contribution in [0.25, 0.3) is 0 Å². The summed E-state index contributed by atoms with van der Waals surface area (Å²) in [4.78, 5) is 28.8. The van der Waals surface area contributed by atoms with Crippen LogP contribution in [0, 0.1) is 5.82 Å². The molecule has 3 aromatic carbocycles. The van der Waals surface area contributed by atoms with Crippen molar-refractivity contribution in [3.8, 4) is 5.75 Å². The minimum absolute atomic E-state index is 0.0197. The molecule has 1 fully saturated rings. The van der Waals surface area contributed by atoms with Crippen molar-refractivity contribution in [2.45, 2.75) is 69.5 Å². The molecule has 4 rings (SSSR count). The molecule has 2 amide bonds. The Balaban J connectivity index is 1.71. The maximum atomic E-state index is 14.1. The van der Waals surface area contributed by atoms with E-state index in [-0.39, 0.29) is 41.4 Å². The zero-order valence-corrected chi connectivity index (χ0v) is 25.9. The molecule has 1 aliphatic carbocycles. The van der Waals surface area contributed by atoms with E-state index >= 15 is 0 Å². The van der Waals surface area contributed by atoms with Gasteiger partial charge in [0, 0.05) is 17.6 Å². The van der Waals surface area contributed by atoms with Gasteiger partial charge in [0.2, 0.25) is 11.8 Å². The monoisotopic (exact) mass is 629 g/mol. The molecule has 11 heteroatoms. The molecule has 0 aliphatic heterocycles. The third-order valence-corrected chi connectivity index (χ3v) is 9.53. The first kappa shape index (κ1) is 32.3. The number of halogens is 2. The molecule has 3 aromatic rings. The van der Waals surface area contributed by atoms with Crippen LogP contribution in [0.2, 0.25) is 5.02 Å². The van der Waals surface area contributed by atoms with Crippen LogP contribution in [0.1, 0.15) is 51.5 Å². The molecule has 0 saturated heterocycles. The zero-order chi connectivity index (χ0) is 31.0. The second-order valence-electron chi connectivity index (χ2n) is 10.5. The van der Waals surface area contributed by atoms with Gasteiger partial charge in [0.15, 0.2) is 0 Å². The summed E-state index contributed by atoms with van der Waals surface area (Å²) in [6.45, 7) is 3.02. The number of benzene rings is 3. The summed E-state index contributed by atoms with van der Waals surface area (Å²) in [6, 6.07) is 16.9.